The van der Waals surface area contributed by atoms with Gasteiger partial charge in [-0.05, 0) is 86.2 Å². The lowest BCUT2D eigenvalue weighted by atomic mass is 9.92. The van der Waals surface area contributed by atoms with E-state index in [-0.39, 0.29) is 5.82 Å². The van der Waals surface area contributed by atoms with Crippen LogP contribution in [-0.4, -0.2) is 52.6 Å². The Hall–Kier alpha value is -1.96. The molecule has 1 fully saturated rings. The molecule has 5 nitrogen and oxygen atoms in total. The summed E-state index contributed by atoms with van der Waals surface area (Å²) >= 11 is 0. The van der Waals surface area contributed by atoms with Crippen molar-refractivity contribution >= 4 is 15.7 Å². The van der Waals surface area contributed by atoms with Gasteiger partial charge in [-0.3, -0.25) is 4.90 Å². The van der Waals surface area contributed by atoms with Gasteiger partial charge >= 0.3 is 0 Å². The molecular weight excluding hydrogens is 401 g/mol. The van der Waals surface area contributed by atoms with Crippen LogP contribution < -0.4 is 9.62 Å². The first-order valence-corrected chi connectivity index (χ1v) is 12.3. The summed E-state index contributed by atoms with van der Waals surface area (Å²) in [6.07, 6.45) is 5.13. The van der Waals surface area contributed by atoms with Gasteiger partial charge in [0, 0.05) is 38.4 Å². The molecule has 162 valence electrons. The number of benzene rings is 2. The second kappa shape index (κ2) is 9.45. The molecule has 0 amide bonds. The van der Waals surface area contributed by atoms with Crippen molar-refractivity contribution in [2.45, 2.75) is 37.0 Å². The van der Waals surface area contributed by atoms with E-state index >= 15 is 0 Å². The predicted molar refractivity (Wildman–Crippen MR) is 118 cm³/mol. The van der Waals surface area contributed by atoms with E-state index in [0.717, 1.165) is 64.1 Å². The molecule has 1 heterocycles. The number of nitrogens with one attached hydrogen (secondary N) is 1. The third-order valence-electron chi connectivity index (χ3n) is 6.14. The highest BCUT2D eigenvalue weighted by atomic mass is 32.2. The zero-order valence-corrected chi connectivity index (χ0v) is 18.1. The topological polar surface area (TPSA) is 52.7 Å². The quantitative estimate of drug-likeness (QED) is 0.684. The maximum Gasteiger partial charge on any atom is 0.240 e. The second-order valence-electron chi connectivity index (χ2n) is 8.19. The van der Waals surface area contributed by atoms with E-state index in [1.54, 1.807) is 6.07 Å². The zero-order chi connectivity index (χ0) is 21.0. The summed E-state index contributed by atoms with van der Waals surface area (Å²) in [5, 5.41) is 0. The van der Waals surface area contributed by atoms with Crippen LogP contribution in [0.3, 0.4) is 0 Å². The SMILES string of the molecule is O=S(=O)(NCCCN1CCN(c2ccc(F)cc2)CC1)c1ccc2c(c1)CCCC2. The summed E-state index contributed by atoms with van der Waals surface area (Å²) in [4.78, 5) is 5.00. The number of fused-ring (bicyclic) bond motifs is 1. The molecule has 4 rings (SSSR count). The Bertz CT molecular complexity index is 955. The lowest BCUT2D eigenvalue weighted by Gasteiger charge is -2.36. The van der Waals surface area contributed by atoms with Gasteiger partial charge in [0.2, 0.25) is 10.0 Å². The number of aryl methyl sites for hydroxylation is 2. The van der Waals surface area contributed by atoms with Crippen LogP contribution in [0, 0.1) is 5.82 Å². The Labute approximate surface area is 178 Å². The van der Waals surface area contributed by atoms with Gasteiger partial charge in [0.25, 0.3) is 0 Å². The number of hydrogen-bond acceptors (Lipinski definition) is 4. The van der Waals surface area contributed by atoms with E-state index in [4.69, 9.17) is 0 Å². The van der Waals surface area contributed by atoms with Gasteiger partial charge in [0.1, 0.15) is 5.82 Å². The highest BCUT2D eigenvalue weighted by Crippen LogP contribution is 2.24. The minimum atomic E-state index is -3.45. The molecule has 0 bridgehead atoms. The van der Waals surface area contributed by atoms with Crippen molar-refractivity contribution in [2.24, 2.45) is 0 Å². The summed E-state index contributed by atoms with van der Waals surface area (Å²) in [5.41, 5.74) is 3.52. The van der Waals surface area contributed by atoms with Gasteiger partial charge in [-0.2, -0.15) is 0 Å². The van der Waals surface area contributed by atoms with Crippen LogP contribution in [0.15, 0.2) is 47.4 Å². The Morgan fingerprint density at radius 1 is 0.900 bits per heavy atom. The maximum atomic E-state index is 13.1. The molecule has 0 spiro atoms. The minimum absolute atomic E-state index is 0.213. The minimum Gasteiger partial charge on any atom is -0.369 e. The van der Waals surface area contributed by atoms with Crippen LogP contribution in [0.25, 0.3) is 0 Å². The van der Waals surface area contributed by atoms with Crippen molar-refractivity contribution in [3.63, 3.8) is 0 Å². The Morgan fingerprint density at radius 2 is 1.60 bits per heavy atom. The van der Waals surface area contributed by atoms with Crippen LogP contribution in [0.2, 0.25) is 0 Å². The number of hydrogen-bond donors (Lipinski definition) is 1. The third-order valence-corrected chi connectivity index (χ3v) is 7.60. The van der Waals surface area contributed by atoms with Gasteiger partial charge in [-0.25, -0.2) is 17.5 Å². The monoisotopic (exact) mass is 431 g/mol. The molecule has 0 unspecified atom stereocenters. The molecule has 1 saturated heterocycles. The molecule has 0 saturated carbocycles. The molecule has 1 aliphatic carbocycles. The average Bonchev–Trinajstić information content (AvgIpc) is 2.77. The van der Waals surface area contributed by atoms with Crippen LogP contribution >= 0.6 is 0 Å². The third kappa shape index (κ3) is 5.20. The number of rotatable bonds is 7. The lowest BCUT2D eigenvalue weighted by molar-refractivity contribution is 0.255. The molecule has 0 atom stereocenters. The van der Waals surface area contributed by atoms with E-state index in [2.05, 4.69) is 14.5 Å². The molecule has 30 heavy (non-hydrogen) atoms. The van der Waals surface area contributed by atoms with E-state index in [1.165, 1.54) is 29.7 Å². The van der Waals surface area contributed by atoms with Crippen molar-refractivity contribution in [2.75, 3.05) is 44.2 Å². The van der Waals surface area contributed by atoms with Gasteiger partial charge in [-0.1, -0.05) is 6.07 Å². The van der Waals surface area contributed by atoms with Gasteiger partial charge in [0.15, 0.2) is 0 Å². The highest BCUT2D eigenvalue weighted by Gasteiger charge is 2.19. The fraction of sp³-hybridized carbons (Fsp3) is 0.478. The summed E-state index contributed by atoms with van der Waals surface area (Å²) in [6, 6.07) is 12.2. The Morgan fingerprint density at radius 3 is 2.33 bits per heavy atom. The summed E-state index contributed by atoms with van der Waals surface area (Å²) in [7, 11) is -3.45. The van der Waals surface area contributed by atoms with Crippen molar-refractivity contribution in [1.82, 2.24) is 9.62 Å². The average molecular weight is 432 g/mol. The first-order chi connectivity index (χ1) is 14.5. The van der Waals surface area contributed by atoms with Crippen molar-refractivity contribution in [3.05, 3.63) is 59.4 Å². The fourth-order valence-electron chi connectivity index (χ4n) is 4.35. The summed E-state index contributed by atoms with van der Waals surface area (Å²) in [6.45, 7) is 4.95. The molecule has 2 aromatic rings. The van der Waals surface area contributed by atoms with E-state index in [9.17, 15) is 12.8 Å². The van der Waals surface area contributed by atoms with E-state index in [1.807, 2.05) is 24.3 Å². The van der Waals surface area contributed by atoms with Gasteiger partial charge in [-0.15, -0.1) is 0 Å². The number of sulfonamides is 1. The fourth-order valence-corrected chi connectivity index (χ4v) is 5.48. The standard InChI is InChI=1S/C23H30FN3O2S/c24-21-7-9-22(10-8-21)27-16-14-26(15-17-27)13-3-12-25-30(28,29)23-11-6-19-4-1-2-5-20(19)18-23/h6-11,18,25H,1-5,12-17H2. The van der Waals surface area contributed by atoms with E-state index < -0.39 is 10.0 Å². The molecule has 2 aliphatic rings. The first-order valence-electron chi connectivity index (χ1n) is 10.9. The molecule has 1 N–H and O–H groups in total. The number of nitrogens with zero attached hydrogens (tertiary/aromatic N) is 2. The molecule has 2 aromatic carbocycles. The van der Waals surface area contributed by atoms with Gasteiger partial charge in [0.05, 0.1) is 4.90 Å². The molecular formula is C23H30FN3O2S. The lowest BCUT2D eigenvalue weighted by Crippen LogP contribution is -2.47. The summed E-state index contributed by atoms with van der Waals surface area (Å²) in [5.74, 6) is -0.213. The molecule has 7 heteroatoms. The highest BCUT2D eigenvalue weighted by molar-refractivity contribution is 7.89. The molecule has 0 radical (unpaired) electrons. The van der Waals surface area contributed by atoms with Crippen LogP contribution in [-0.2, 0) is 22.9 Å². The van der Waals surface area contributed by atoms with Crippen LogP contribution in [0.1, 0.15) is 30.4 Å². The van der Waals surface area contributed by atoms with E-state index in [0.29, 0.717) is 11.4 Å². The Balaban J connectivity index is 1.21. The number of piperazine rings is 1. The largest absolute Gasteiger partial charge is 0.369 e. The Kier molecular flexibility index (Phi) is 6.71. The second-order valence-corrected chi connectivity index (χ2v) is 9.96. The normalized spacial score (nSPS) is 17.7. The zero-order valence-electron chi connectivity index (χ0n) is 17.3. The number of anilines is 1. The smallest absolute Gasteiger partial charge is 0.240 e. The maximum absolute atomic E-state index is 13.1. The van der Waals surface area contributed by atoms with Crippen molar-refractivity contribution < 1.29 is 12.8 Å². The van der Waals surface area contributed by atoms with Crippen LogP contribution in [0.4, 0.5) is 10.1 Å². The molecule has 0 aromatic heterocycles. The van der Waals surface area contributed by atoms with Crippen molar-refractivity contribution in [1.29, 1.82) is 0 Å². The summed E-state index contributed by atoms with van der Waals surface area (Å²) < 4.78 is 41.1. The molecule has 1 aliphatic heterocycles. The van der Waals surface area contributed by atoms with Crippen molar-refractivity contribution in [3.8, 4) is 0 Å². The predicted octanol–water partition coefficient (Wildman–Crippen LogP) is 3.20. The number of halogens is 1. The van der Waals surface area contributed by atoms with Crippen LogP contribution in [0.5, 0.6) is 0 Å². The first kappa shape index (κ1) is 21.3. The van der Waals surface area contributed by atoms with Gasteiger partial charge < -0.3 is 4.90 Å².